The number of aromatic nitrogens is 1. The van der Waals surface area contributed by atoms with Gasteiger partial charge >= 0.3 is 0 Å². The summed E-state index contributed by atoms with van der Waals surface area (Å²) in [5.41, 5.74) is 1.73. The standard InChI is InChI=1S/C23H30N4O3S2/c1-26(2)14-15-27-13-11-18-17-19(9-10-22(18)27)24-23(28)21(12-16-31-3)25-32(29,30)20-7-5-4-6-8-20/h4-11,13,17,21,25H,12,14-16H2,1-3H3,(H,24,28). The molecule has 1 aromatic heterocycles. The highest BCUT2D eigenvalue weighted by atomic mass is 32.2. The Kier molecular flexibility index (Phi) is 8.36. The molecule has 0 spiro atoms. The molecule has 0 bridgehead atoms. The lowest BCUT2D eigenvalue weighted by Gasteiger charge is -2.18. The molecule has 0 saturated carbocycles. The Labute approximate surface area is 194 Å². The molecule has 0 fully saturated rings. The Hall–Kier alpha value is -2.33. The van der Waals surface area contributed by atoms with Gasteiger partial charge in [-0.1, -0.05) is 18.2 Å². The van der Waals surface area contributed by atoms with Crippen LogP contribution in [0.4, 0.5) is 5.69 Å². The summed E-state index contributed by atoms with van der Waals surface area (Å²) < 4.78 is 30.2. The lowest BCUT2D eigenvalue weighted by Crippen LogP contribution is -2.44. The molecule has 32 heavy (non-hydrogen) atoms. The first kappa shape index (κ1) is 24.3. The Morgan fingerprint density at radius 2 is 1.88 bits per heavy atom. The van der Waals surface area contributed by atoms with Gasteiger partial charge in [-0.15, -0.1) is 0 Å². The van der Waals surface area contributed by atoms with Gasteiger partial charge in [0.25, 0.3) is 0 Å². The molecule has 3 aromatic rings. The first-order chi connectivity index (χ1) is 15.3. The first-order valence-electron chi connectivity index (χ1n) is 10.4. The maximum Gasteiger partial charge on any atom is 0.242 e. The number of fused-ring (bicyclic) bond motifs is 1. The fourth-order valence-electron chi connectivity index (χ4n) is 3.34. The molecule has 0 radical (unpaired) electrons. The van der Waals surface area contributed by atoms with Gasteiger partial charge < -0.3 is 14.8 Å². The Bertz CT molecular complexity index is 1140. The summed E-state index contributed by atoms with van der Waals surface area (Å²) in [6, 6.07) is 15.0. The SMILES string of the molecule is CSCCC(NS(=O)(=O)c1ccccc1)C(=O)Nc1ccc2c(ccn2CCN(C)C)c1. The van der Waals surface area contributed by atoms with Crippen LogP contribution in [0.5, 0.6) is 0 Å². The summed E-state index contributed by atoms with van der Waals surface area (Å²) in [5, 5.41) is 3.90. The maximum atomic E-state index is 13.0. The molecule has 7 nitrogen and oxygen atoms in total. The first-order valence-corrected chi connectivity index (χ1v) is 13.3. The molecular formula is C23H30N4O3S2. The number of anilines is 1. The van der Waals surface area contributed by atoms with Gasteiger partial charge in [-0.25, -0.2) is 8.42 Å². The summed E-state index contributed by atoms with van der Waals surface area (Å²) in [4.78, 5) is 15.3. The van der Waals surface area contributed by atoms with Crippen molar-refractivity contribution in [1.82, 2.24) is 14.2 Å². The number of carbonyl (C=O) groups is 1. The van der Waals surface area contributed by atoms with Crippen molar-refractivity contribution in [2.45, 2.75) is 23.9 Å². The summed E-state index contributed by atoms with van der Waals surface area (Å²) in [6.07, 6.45) is 4.35. The highest BCUT2D eigenvalue weighted by molar-refractivity contribution is 7.98. The van der Waals surface area contributed by atoms with E-state index in [0.717, 1.165) is 24.0 Å². The molecule has 0 aliphatic rings. The number of carbonyl (C=O) groups excluding carboxylic acids is 1. The van der Waals surface area contributed by atoms with Crippen LogP contribution in [-0.4, -0.2) is 62.5 Å². The van der Waals surface area contributed by atoms with Crippen LogP contribution in [0.2, 0.25) is 0 Å². The molecule has 1 unspecified atom stereocenters. The third-order valence-corrected chi connectivity index (χ3v) is 7.24. The number of benzene rings is 2. The van der Waals surface area contributed by atoms with E-state index in [1.807, 2.05) is 50.8 Å². The molecule has 1 amide bonds. The van der Waals surface area contributed by atoms with Crippen molar-refractivity contribution < 1.29 is 13.2 Å². The van der Waals surface area contributed by atoms with Crippen LogP contribution in [0.15, 0.2) is 65.7 Å². The summed E-state index contributed by atoms with van der Waals surface area (Å²) in [5.74, 6) is 0.285. The molecule has 1 atom stereocenters. The van der Waals surface area contributed by atoms with E-state index in [-0.39, 0.29) is 10.8 Å². The minimum atomic E-state index is -3.80. The number of thioether (sulfide) groups is 1. The van der Waals surface area contributed by atoms with Crippen molar-refractivity contribution in [2.75, 3.05) is 38.0 Å². The normalized spacial score (nSPS) is 12.9. The van der Waals surface area contributed by atoms with Crippen LogP contribution in [0.3, 0.4) is 0 Å². The van der Waals surface area contributed by atoms with E-state index in [2.05, 4.69) is 19.5 Å². The van der Waals surface area contributed by atoms with Gasteiger partial charge in [0.1, 0.15) is 6.04 Å². The van der Waals surface area contributed by atoms with E-state index in [4.69, 9.17) is 0 Å². The van der Waals surface area contributed by atoms with E-state index >= 15 is 0 Å². The molecule has 9 heteroatoms. The quantitative estimate of drug-likeness (QED) is 0.446. The Morgan fingerprint density at radius 3 is 2.56 bits per heavy atom. The van der Waals surface area contributed by atoms with Gasteiger partial charge in [0, 0.05) is 35.9 Å². The van der Waals surface area contributed by atoms with Crippen LogP contribution < -0.4 is 10.0 Å². The highest BCUT2D eigenvalue weighted by Crippen LogP contribution is 2.21. The number of hydrogen-bond donors (Lipinski definition) is 2. The molecule has 0 saturated heterocycles. The van der Waals surface area contributed by atoms with Crippen molar-refractivity contribution in [3.05, 3.63) is 60.8 Å². The lowest BCUT2D eigenvalue weighted by atomic mass is 10.2. The number of rotatable bonds is 11. The summed E-state index contributed by atoms with van der Waals surface area (Å²) in [7, 11) is 0.282. The second kappa shape index (κ2) is 11.0. The van der Waals surface area contributed by atoms with Crippen LogP contribution in [0.1, 0.15) is 6.42 Å². The van der Waals surface area contributed by atoms with E-state index in [0.29, 0.717) is 17.9 Å². The number of likely N-dealkylation sites (N-methyl/N-ethyl adjacent to an activating group) is 1. The zero-order valence-corrected chi connectivity index (χ0v) is 20.2. The summed E-state index contributed by atoms with van der Waals surface area (Å²) in [6.45, 7) is 1.81. The van der Waals surface area contributed by atoms with Crippen molar-refractivity contribution in [3.63, 3.8) is 0 Å². The van der Waals surface area contributed by atoms with Crippen molar-refractivity contribution in [2.24, 2.45) is 0 Å². The molecule has 0 aliphatic heterocycles. The second-order valence-corrected chi connectivity index (χ2v) is 10.5. The summed E-state index contributed by atoms with van der Waals surface area (Å²) >= 11 is 1.57. The zero-order valence-electron chi connectivity index (χ0n) is 18.6. The van der Waals surface area contributed by atoms with E-state index in [1.165, 1.54) is 12.1 Å². The fourth-order valence-corrected chi connectivity index (χ4v) is 5.07. The number of sulfonamides is 1. The third kappa shape index (κ3) is 6.35. The molecule has 2 N–H and O–H groups in total. The monoisotopic (exact) mass is 474 g/mol. The molecule has 3 rings (SSSR count). The number of amides is 1. The number of hydrogen-bond acceptors (Lipinski definition) is 5. The lowest BCUT2D eigenvalue weighted by molar-refractivity contribution is -0.117. The average Bonchev–Trinajstić information content (AvgIpc) is 3.18. The minimum Gasteiger partial charge on any atom is -0.346 e. The predicted molar refractivity (Wildman–Crippen MR) is 133 cm³/mol. The Morgan fingerprint density at radius 1 is 1.12 bits per heavy atom. The van der Waals surface area contributed by atoms with Gasteiger partial charge in [-0.3, -0.25) is 4.79 Å². The smallest absolute Gasteiger partial charge is 0.242 e. The van der Waals surface area contributed by atoms with Gasteiger partial charge in [0.2, 0.25) is 15.9 Å². The largest absolute Gasteiger partial charge is 0.346 e. The van der Waals surface area contributed by atoms with Crippen LogP contribution in [0, 0.1) is 0 Å². The van der Waals surface area contributed by atoms with Crippen LogP contribution >= 0.6 is 11.8 Å². The molecule has 0 aliphatic carbocycles. The van der Waals surface area contributed by atoms with Crippen LogP contribution in [-0.2, 0) is 21.4 Å². The van der Waals surface area contributed by atoms with E-state index in [1.54, 1.807) is 30.0 Å². The highest BCUT2D eigenvalue weighted by Gasteiger charge is 2.25. The Balaban J connectivity index is 1.75. The predicted octanol–water partition coefficient (Wildman–Crippen LogP) is 3.24. The molecule has 2 aromatic carbocycles. The second-order valence-electron chi connectivity index (χ2n) is 7.84. The van der Waals surface area contributed by atoms with E-state index < -0.39 is 16.1 Å². The van der Waals surface area contributed by atoms with Crippen molar-refractivity contribution in [3.8, 4) is 0 Å². The van der Waals surface area contributed by atoms with Crippen LogP contribution in [0.25, 0.3) is 10.9 Å². The van der Waals surface area contributed by atoms with Gasteiger partial charge in [0.05, 0.1) is 4.90 Å². The van der Waals surface area contributed by atoms with Gasteiger partial charge in [-0.2, -0.15) is 16.5 Å². The number of nitrogens with one attached hydrogen (secondary N) is 2. The number of nitrogens with zero attached hydrogens (tertiary/aromatic N) is 2. The van der Waals surface area contributed by atoms with Gasteiger partial charge in [0.15, 0.2) is 0 Å². The molecule has 1 heterocycles. The van der Waals surface area contributed by atoms with Crippen molar-refractivity contribution in [1.29, 1.82) is 0 Å². The average molecular weight is 475 g/mol. The van der Waals surface area contributed by atoms with Crippen molar-refractivity contribution >= 4 is 44.3 Å². The molecule has 172 valence electrons. The van der Waals surface area contributed by atoms with Gasteiger partial charge in [-0.05, 0) is 68.9 Å². The third-order valence-electron chi connectivity index (χ3n) is 5.10. The minimum absolute atomic E-state index is 0.141. The maximum absolute atomic E-state index is 13.0. The topological polar surface area (TPSA) is 83.4 Å². The fraction of sp³-hybridized carbons (Fsp3) is 0.348. The molecular weight excluding hydrogens is 444 g/mol. The van der Waals surface area contributed by atoms with E-state index in [9.17, 15) is 13.2 Å². The zero-order chi connectivity index (χ0) is 23.1.